The summed E-state index contributed by atoms with van der Waals surface area (Å²) in [6.07, 6.45) is 0. The first kappa shape index (κ1) is 18.3. The molecule has 4 nitrogen and oxygen atoms in total. The molecule has 140 valence electrons. The van der Waals surface area contributed by atoms with Crippen molar-refractivity contribution in [2.45, 2.75) is 18.3 Å². The number of oxazole rings is 1. The van der Waals surface area contributed by atoms with Crippen LogP contribution in [0.1, 0.15) is 11.1 Å². The molecule has 0 aliphatic carbocycles. The van der Waals surface area contributed by atoms with E-state index in [1.54, 1.807) is 0 Å². The second kappa shape index (κ2) is 8.76. The Hall–Kier alpha value is -3.05. The molecule has 0 saturated heterocycles. The van der Waals surface area contributed by atoms with Crippen LogP contribution in [0.5, 0.6) is 0 Å². The van der Waals surface area contributed by atoms with E-state index in [1.807, 2.05) is 89.8 Å². The Balaban J connectivity index is 1.46. The van der Waals surface area contributed by atoms with Gasteiger partial charge in [-0.15, -0.1) is 0 Å². The van der Waals surface area contributed by atoms with Gasteiger partial charge in [0.1, 0.15) is 5.52 Å². The zero-order chi connectivity index (χ0) is 19.2. The van der Waals surface area contributed by atoms with Crippen LogP contribution in [-0.2, 0) is 17.9 Å². The van der Waals surface area contributed by atoms with Crippen molar-refractivity contribution in [3.8, 4) is 0 Å². The first-order valence-electron chi connectivity index (χ1n) is 9.12. The van der Waals surface area contributed by atoms with Gasteiger partial charge in [-0.1, -0.05) is 84.6 Å². The van der Waals surface area contributed by atoms with Crippen molar-refractivity contribution in [2.75, 3.05) is 5.75 Å². The van der Waals surface area contributed by atoms with Crippen LogP contribution in [0, 0.1) is 0 Å². The monoisotopic (exact) mass is 388 g/mol. The summed E-state index contributed by atoms with van der Waals surface area (Å²) < 4.78 is 5.72. The zero-order valence-corrected chi connectivity index (χ0v) is 16.1. The third kappa shape index (κ3) is 4.61. The molecule has 0 fully saturated rings. The fourth-order valence-electron chi connectivity index (χ4n) is 2.97. The lowest BCUT2D eigenvalue weighted by atomic mass is 10.1. The molecule has 4 rings (SSSR count). The van der Waals surface area contributed by atoms with E-state index in [1.165, 1.54) is 11.8 Å². The molecular formula is C23H20N2O2S. The van der Waals surface area contributed by atoms with Crippen LogP contribution < -0.4 is 0 Å². The van der Waals surface area contributed by atoms with Gasteiger partial charge in [0.2, 0.25) is 5.91 Å². The highest BCUT2D eigenvalue weighted by atomic mass is 32.2. The fourth-order valence-corrected chi connectivity index (χ4v) is 3.71. The smallest absolute Gasteiger partial charge is 0.257 e. The van der Waals surface area contributed by atoms with E-state index in [4.69, 9.17) is 4.42 Å². The number of hydrogen-bond donors (Lipinski definition) is 0. The summed E-state index contributed by atoms with van der Waals surface area (Å²) >= 11 is 1.33. The summed E-state index contributed by atoms with van der Waals surface area (Å²) in [5, 5.41) is 0.522. The third-order valence-electron chi connectivity index (χ3n) is 4.38. The van der Waals surface area contributed by atoms with E-state index in [9.17, 15) is 4.79 Å². The van der Waals surface area contributed by atoms with E-state index >= 15 is 0 Å². The lowest BCUT2D eigenvalue weighted by molar-refractivity contribution is -0.129. The number of carbonyl (C=O) groups excluding carboxylic acids is 1. The Morgan fingerprint density at radius 1 is 0.821 bits per heavy atom. The van der Waals surface area contributed by atoms with E-state index in [-0.39, 0.29) is 11.7 Å². The van der Waals surface area contributed by atoms with Crippen molar-refractivity contribution in [3.63, 3.8) is 0 Å². The van der Waals surface area contributed by atoms with Crippen molar-refractivity contribution in [2.24, 2.45) is 0 Å². The van der Waals surface area contributed by atoms with Gasteiger partial charge in [0, 0.05) is 13.1 Å². The Morgan fingerprint density at radius 2 is 1.39 bits per heavy atom. The second-order valence-electron chi connectivity index (χ2n) is 6.46. The molecule has 1 aromatic heterocycles. The molecule has 0 N–H and O–H groups in total. The zero-order valence-electron chi connectivity index (χ0n) is 15.3. The molecule has 1 heterocycles. The summed E-state index contributed by atoms with van der Waals surface area (Å²) in [5.74, 6) is 0.340. The minimum absolute atomic E-state index is 0.0555. The Kier molecular flexibility index (Phi) is 5.73. The van der Waals surface area contributed by atoms with Crippen molar-refractivity contribution < 1.29 is 9.21 Å². The van der Waals surface area contributed by atoms with Crippen molar-refractivity contribution in [3.05, 3.63) is 96.1 Å². The molecule has 5 heteroatoms. The van der Waals surface area contributed by atoms with E-state index in [2.05, 4.69) is 4.98 Å². The van der Waals surface area contributed by atoms with E-state index in [0.29, 0.717) is 18.3 Å². The number of thioether (sulfide) groups is 1. The number of nitrogens with zero attached hydrogens (tertiary/aromatic N) is 2. The maximum atomic E-state index is 13.0. The topological polar surface area (TPSA) is 46.3 Å². The lowest BCUT2D eigenvalue weighted by Gasteiger charge is -2.23. The average molecular weight is 388 g/mol. The van der Waals surface area contributed by atoms with Gasteiger partial charge in [0.05, 0.1) is 5.75 Å². The molecular weight excluding hydrogens is 368 g/mol. The molecule has 28 heavy (non-hydrogen) atoms. The van der Waals surface area contributed by atoms with Crippen LogP contribution >= 0.6 is 11.8 Å². The Bertz CT molecular complexity index is 973. The molecule has 0 spiro atoms. The molecule has 0 unspecified atom stereocenters. The van der Waals surface area contributed by atoms with Crippen molar-refractivity contribution >= 4 is 28.8 Å². The van der Waals surface area contributed by atoms with Gasteiger partial charge in [0.15, 0.2) is 5.58 Å². The van der Waals surface area contributed by atoms with E-state index < -0.39 is 0 Å². The third-order valence-corrected chi connectivity index (χ3v) is 5.19. The van der Waals surface area contributed by atoms with Crippen LogP contribution in [0.25, 0.3) is 11.1 Å². The van der Waals surface area contributed by atoms with Gasteiger partial charge in [-0.05, 0) is 23.3 Å². The highest BCUT2D eigenvalue weighted by Crippen LogP contribution is 2.24. The Labute approximate surface area is 168 Å². The van der Waals surface area contributed by atoms with Crippen LogP contribution in [0.15, 0.2) is 94.6 Å². The first-order chi connectivity index (χ1) is 13.8. The molecule has 0 saturated carbocycles. The largest absolute Gasteiger partial charge is 0.431 e. The van der Waals surface area contributed by atoms with Crippen molar-refractivity contribution in [1.29, 1.82) is 0 Å². The number of aromatic nitrogens is 1. The lowest BCUT2D eigenvalue weighted by Crippen LogP contribution is -2.31. The second-order valence-corrected chi connectivity index (χ2v) is 7.38. The fraction of sp³-hybridized carbons (Fsp3) is 0.130. The predicted octanol–water partition coefficient (Wildman–Crippen LogP) is 5.15. The van der Waals surface area contributed by atoms with Crippen LogP contribution in [-0.4, -0.2) is 21.5 Å². The summed E-state index contributed by atoms with van der Waals surface area (Å²) in [7, 11) is 0. The highest BCUT2D eigenvalue weighted by Gasteiger charge is 2.17. The van der Waals surface area contributed by atoms with E-state index in [0.717, 1.165) is 22.2 Å². The number of carbonyl (C=O) groups is 1. The Morgan fingerprint density at radius 3 is 2.00 bits per heavy atom. The molecule has 0 bridgehead atoms. The molecule has 0 atom stereocenters. The van der Waals surface area contributed by atoms with Gasteiger partial charge in [-0.3, -0.25) is 4.79 Å². The minimum Gasteiger partial charge on any atom is -0.431 e. The molecule has 0 aliphatic rings. The van der Waals surface area contributed by atoms with Crippen LogP contribution in [0.3, 0.4) is 0 Å². The maximum Gasteiger partial charge on any atom is 0.257 e. The van der Waals surface area contributed by atoms with Gasteiger partial charge < -0.3 is 9.32 Å². The van der Waals surface area contributed by atoms with Gasteiger partial charge in [-0.25, -0.2) is 4.98 Å². The molecule has 1 amide bonds. The predicted molar refractivity (Wildman–Crippen MR) is 112 cm³/mol. The van der Waals surface area contributed by atoms with Crippen molar-refractivity contribution in [1.82, 2.24) is 9.88 Å². The quantitative estimate of drug-likeness (QED) is 0.411. The SMILES string of the molecule is O=C(CSc1nc2ccccc2o1)N(Cc1ccccc1)Cc1ccccc1. The van der Waals surface area contributed by atoms with Gasteiger partial charge in [0.25, 0.3) is 5.22 Å². The molecule has 0 radical (unpaired) electrons. The molecule has 0 aliphatic heterocycles. The summed E-state index contributed by atoms with van der Waals surface area (Å²) in [6.45, 7) is 1.14. The number of rotatable bonds is 7. The van der Waals surface area contributed by atoms with Crippen LogP contribution in [0.2, 0.25) is 0 Å². The number of para-hydroxylation sites is 2. The number of fused-ring (bicyclic) bond motifs is 1. The highest BCUT2D eigenvalue weighted by molar-refractivity contribution is 7.99. The van der Waals surface area contributed by atoms with Gasteiger partial charge >= 0.3 is 0 Å². The van der Waals surface area contributed by atoms with Crippen LogP contribution in [0.4, 0.5) is 0 Å². The standard InChI is InChI=1S/C23H20N2O2S/c26-22(17-28-23-24-20-13-7-8-14-21(20)27-23)25(15-18-9-3-1-4-10-18)16-19-11-5-2-6-12-19/h1-14H,15-17H2. The molecule has 3 aromatic carbocycles. The number of benzene rings is 3. The summed E-state index contributed by atoms with van der Waals surface area (Å²) in [5.41, 5.74) is 3.77. The number of hydrogen-bond acceptors (Lipinski definition) is 4. The normalized spacial score (nSPS) is 10.9. The maximum absolute atomic E-state index is 13.0. The summed E-state index contributed by atoms with van der Waals surface area (Å²) in [4.78, 5) is 19.3. The summed E-state index contributed by atoms with van der Waals surface area (Å²) in [6, 6.07) is 27.7. The number of amides is 1. The first-order valence-corrected chi connectivity index (χ1v) is 10.1. The molecule has 4 aromatic rings. The minimum atomic E-state index is 0.0555. The van der Waals surface area contributed by atoms with Gasteiger partial charge in [-0.2, -0.15) is 0 Å². The average Bonchev–Trinajstić information content (AvgIpc) is 3.16.